The smallest absolute Gasteiger partial charge is 0.471 e. The Morgan fingerprint density at radius 3 is 2.50 bits per heavy atom. The number of thioether (sulfide) groups is 1. The fraction of sp³-hybridized carbons (Fsp3) is 0.308. The Morgan fingerprint density at radius 2 is 1.81 bits per heavy atom. The minimum atomic E-state index is -4.91. The lowest BCUT2D eigenvalue weighted by molar-refractivity contribution is -0.186. The molecule has 0 saturated carbocycles. The van der Waals surface area contributed by atoms with E-state index < -0.39 is 22.9 Å². The molecule has 1 aromatic heterocycles. The molecule has 3 aromatic rings. The summed E-state index contributed by atoms with van der Waals surface area (Å²) in [4.78, 5) is 18.9. The van der Waals surface area contributed by atoms with Gasteiger partial charge in [-0.3, -0.25) is 4.79 Å². The molecule has 1 saturated heterocycles. The number of alkyl halides is 3. The number of carbonyl (C=O) groups is 1. The number of hydrogen-bond acceptors (Lipinski definition) is 4. The third-order valence-corrected chi connectivity index (χ3v) is 8.95. The maximum atomic E-state index is 13.4. The summed E-state index contributed by atoms with van der Waals surface area (Å²) < 4.78 is 45.3. The molecular weight excluding hydrogens is 532 g/mol. The van der Waals surface area contributed by atoms with Gasteiger partial charge in [-0.1, -0.05) is 53.5 Å². The number of fused-ring (bicyclic) bond motifs is 3. The minimum Gasteiger partial charge on any atom is -0.473 e. The van der Waals surface area contributed by atoms with Gasteiger partial charge in [-0.05, 0) is 49.1 Å². The van der Waals surface area contributed by atoms with E-state index in [1.165, 1.54) is 11.8 Å². The molecule has 2 aliphatic rings. The van der Waals surface area contributed by atoms with Crippen LogP contribution in [-0.4, -0.2) is 34.6 Å². The van der Waals surface area contributed by atoms with Crippen molar-refractivity contribution in [3.63, 3.8) is 0 Å². The van der Waals surface area contributed by atoms with E-state index in [9.17, 15) is 18.0 Å². The van der Waals surface area contributed by atoms with Crippen molar-refractivity contribution in [1.82, 2.24) is 9.88 Å². The number of ether oxygens (including phenoxy) is 1. The van der Waals surface area contributed by atoms with Crippen LogP contribution < -0.4 is 4.74 Å². The average Bonchev–Trinajstić information content (AvgIpc) is 3.22. The molecule has 0 N–H and O–H groups in total. The Morgan fingerprint density at radius 1 is 1.08 bits per heavy atom. The summed E-state index contributed by atoms with van der Waals surface area (Å²) in [6, 6.07) is 17.7. The molecule has 0 bridgehead atoms. The highest BCUT2D eigenvalue weighted by atomic mass is 35.5. The second-order valence-electron chi connectivity index (χ2n) is 8.74. The molecule has 188 valence electrons. The quantitative estimate of drug-likeness (QED) is 0.339. The Kier molecular flexibility index (Phi) is 6.87. The molecule has 2 heterocycles. The monoisotopic (exact) mass is 552 g/mol. The number of likely N-dealkylation sites (tertiary alicyclic amines) is 1. The van der Waals surface area contributed by atoms with Crippen LogP contribution in [0.2, 0.25) is 10.0 Å². The number of nitrogens with zero attached hydrogens (tertiary/aromatic N) is 2. The van der Waals surface area contributed by atoms with E-state index in [0.29, 0.717) is 40.8 Å². The van der Waals surface area contributed by atoms with Crippen LogP contribution in [0.25, 0.3) is 0 Å². The predicted molar refractivity (Wildman–Crippen MR) is 134 cm³/mol. The number of carbonyl (C=O) groups excluding carboxylic acids is 1. The molecule has 0 radical (unpaired) electrons. The third kappa shape index (κ3) is 4.66. The third-order valence-electron chi connectivity index (χ3n) is 6.67. The molecule has 1 amide bonds. The number of benzene rings is 2. The van der Waals surface area contributed by atoms with Gasteiger partial charge in [0.25, 0.3) is 0 Å². The van der Waals surface area contributed by atoms with Gasteiger partial charge in [0.05, 0.1) is 10.8 Å². The number of aryl methyl sites for hydroxylation is 1. The van der Waals surface area contributed by atoms with E-state index in [2.05, 4.69) is 0 Å². The van der Waals surface area contributed by atoms with E-state index in [-0.39, 0.29) is 13.2 Å². The average molecular weight is 553 g/mol. The van der Waals surface area contributed by atoms with Crippen molar-refractivity contribution in [3.8, 4) is 5.88 Å². The van der Waals surface area contributed by atoms with E-state index >= 15 is 0 Å². The van der Waals surface area contributed by atoms with E-state index in [1.807, 2.05) is 36.4 Å². The van der Waals surface area contributed by atoms with Gasteiger partial charge in [-0.15, -0.1) is 11.8 Å². The Hall–Kier alpha value is -2.42. The van der Waals surface area contributed by atoms with Gasteiger partial charge in [0, 0.05) is 38.8 Å². The summed E-state index contributed by atoms with van der Waals surface area (Å²) in [5.74, 6) is -1.40. The molecule has 1 aliphatic carbocycles. The number of halogens is 5. The van der Waals surface area contributed by atoms with Crippen molar-refractivity contribution in [2.75, 3.05) is 6.54 Å². The van der Waals surface area contributed by atoms with E-state index in [4.69, 9.17) is 32.9 Å². The first-order valence-corrected chi connectivity index (χ1v) is 12.9. The molecule has 0 spiro atoms. The maximum Gasteiger partial charge on any atom is 0.471 e. The Labute approximate surface area is 220 Å². The number of rotatable bonds is 5. The zero-order chi connectivity index (χ0) is 25.5. The van der Waals surface area contributed by atoms with Gasteiger partial charge < -0.3 is 9.64 Å². The fourth-order valence-electron chi connectivity index (χ4n) is 5.07. The largest absolute Gasteiger partial charge is 0.473 e. The second-order valence-corrected chi connectivity index (χ2v) is 11.0. The minimum absolute atomic E-state index is 0.0333. The summed E-state index contributed by atoms with van der Waals surface area (Å²) in [6.07, 6.45) is -3.71. The van der Waals surface area contributed by atoms with Crippen molar-refractivity contribution in [2.24, 2.45) is 0 Å². The zero-order valence-electron chi connectivity index (χ0n) is 18.9. The van der Waals surface area contributed by atoms with Gasteiger partial charge >= 0.3 is 12.1 Å². The molecular formula is C26H21Cl2F3N2O2S. The lowest BCUT2D eigenvalue weighted by Crippen LogP contribution is -2.50. The van der Waals surface area contributed by atoms with E-state index in [1.54, 1.807) is 24.3 Å². The summed E-state index contributed by atoms with van der Waals surface area (Å²) in [5.41, 5.74) is 2.25. The SMILES string of the molecule is O=C(N1CCC2(Sc3ccccc3)c3ccc(OCc4c(Cl)cccc4Cl)nc3CCC12)C(F)(F)F. The van der Waals surface area contributed by atoms with Crippen LogP contribution in [-0.2, 0) is 22.6 Å². The Balaban J connectivity index is 1.48. The summed E-state index contributed by atoms with van der Waals surface area (Å²) in [5, 5.41) is 0.976. The summed E-state index contributed by atoms with van der Waals surface area (Å²) in [6.45, 7) is 0.163. The molecule has 2 aromatic carbocycles. The van der Waals surface area contributed by atoms with Crippen LogP contribution in [0.1, 0.15) is 29.7 Å². The molecule has 36 heavy (non-hydrogen) atoms. The normalized spacial score (nSPS) is 21.1. The zero-order valence-corrected chi connectivity index (χ0v) is 21.2. The van der Waals surface area contributed by atoms with Crippen LogP contribution in [0.4, 0.5) is 13.2 Å². The van der Waals surface area contributed by atoms with Crippen molar-refractivity contribution in [1.29, 1.82) is 0 Å². The lowest BCUT2D eigenvalue weighted by Gasteiger charge is -2.42. The molecule has 1 fully saturated rings. The molecule has 10 heteroatoms. The lowest BCUT2D eigenvalue weighted by atomic mass is 9.81. The Bertz CT molecular complexity index is 1270. The topological polar surface area (TPSA) is 42.4 Å². The van der Waals surface area contributed by atoms with Crippen LogP contribution in [0.15, 0.2) is 65.6 Å². The number of amides is 1. The van der Waals surface area contributed by atoms with Crippen molar-refractivity contribution in [2.45, 2.75) is 47.7 Å². The maximum absolute atomic E-state index is 13.4. The molecule has 5 rings (SSSR count). The highest BCUT2D eigenvalue weighted by molar-refractivity contribution is 8.00. The molecule has 2 unspecified atom stereocenters. The van der Waals surface area contributed by atoms with Crippen LogP contribution >= 0.6 is 35.0 Å². The van der Waals surface area contributed by atoms with Gasteiger partial charge in [-0.2, -0.15) is 13.2 Å². The van der Waals surface area contributed by atoms with Crippen molar-refractivity contribution < 1.29 is 22.7 Å². The first-order valence-electron chi connectivity index (χ1n) is 11.4. The van der Waals surface area contributed by atoms with Crippen LogP contribution in [0.5, 0.6) is 5.88 Å². The number of hydrogen-bond donors (Lipinski definition) is 0. The predicted octanol–water partition coefficient (Wildman–Crippen LogP) is 7.06. The standard InChI is InChI=1S/C26H21Cl2F3N2O2S/c27-19-7-4-8-20(28)17(19)15-35-23-12-9-18-21(32-23)10-11-22-25(18,36-16-5-2-1-3-6-16)13-14-33(22)24(34)26(29,30)31/h1-9,12,22H,10-11,13-15H2. The van der Waals surface area contributed by atoms with Crippen molar-refractivity contribution >= 4 is 40.9 Å². The molecule has 4 nitrogen and oxygen atoms in total. The van der Waals surface area contributed by atoms with Gasteiger partial charge in [0.15, 0.2) is 0 Å². The fourth-order valence-corrected chi connectivity index (χ4v) is 7.16. The van der Waals surface area contributed by atoms with Crippen LogP contribution in [0.3, 0.4) is 0 Å². The first-order chi connectivity index (χ1) is 17.2. The van der Waals surface area contributed by atoms with Gasteiger partial charge in [0.2, 0.25) is 5.88 Å². The van der Waals surface area contributed by atoms with Crippen LogP contribution in [0, 0.1) is 0 Å². The van der Waals surface area contributed by atoms with Gasteiger partial charge in [-0.25, -0.2) is 4.98 Å². The molecule has 1 aliphatic heterocycles. The number of aromatic nitrogens is 1. The van der Waals surface area contributed by atoms with E-state index in [0.717, 1.165) is 21.1 Å². The van der Waals surface area contributed by atoms with Gasteiger partial charge in [0.1, 0.15) is 6.61 Å². The highest BCUT2D eigenvalue weighted by Gasteiger charge is 2.57. The highest BCUT2D eigenvalue weighted by Crippen LogP contribution is 2.56. The molecule has 2 atom stereocenters. The first kappa shape index (κ1) is 25.2. The van der Waals surface area contributed by atoms with Crippen molar-refractivity contribution in [3.05, 3.63) is 87.5 Å². The number of pyridine rings is 1. The second kappa shape index (κ2) is 9.80. The summed E-state index contributed by atoms with van der Waals surface area (Å²) >= 11 is 14.0. The summed E-state index contributed by atoms with van der Waals surface area (Å²) in [7, 11) is 0.